The van der Waals surface area contributed by atoms with Crippen molar-refractivity contribution >= 4 is 17.5 Å². The summed E-state index contributed by atoms with van der Waals surface area (Å²) in [6.45, 7) is 2.33. The minimum atomic E-state index is -0.148. The molecule has 0 bridgehead atoms. The molecule has 5 heteroatoms. The Kier molecular flexibility index (Phi) is 5.94. The molecule has 0 aliphatic heterocycles. The highest BCUT2D eigenvalue weighted by atomic mass is 35.5. The zero-order valence-electron chi connectivity index (χ0n) is 10.1. The third kappa shape index (κ3) is 4.71. The molecule has 1 amide bonds. The lowest BCUT2D eigenvalue weighted by atomic mass is 10.2. The first-order chi connectivity index (χ1) is 8.17. The van der Waals surface area contributed by atoms with Crippen LogP contribution in [0.15, 0.2) is 18.3 Å². The fraction of sp³-hybridized carbons (Fsp3) is 0.500. The molecule has 4 nitrogen and oxygen atoms in total. The molecule has 0 saturated heterocycles. The lowest BCUT2D eigenvalue weighted by Gasteiger charge is -2.16. The summed E-state index contributed by atoms with van der Waals surface area (Å²) in [4.78, 5) is 15.9. The molecule has 0 fully saturated rings. The zero-order valence-corrected chi connectivity index (χ0v) is 10.8. The number of hydrogen-bond acceptors (Lipinski definition) is 3. The maximum Gasteiger partial charge on any atom is 0.253 e. The van der Waals surface area contributed by atoms with Crippen LogP contribution in [0.1, 0.15) is 22.5 Å². The minimum Gasteiger partial charge on any atom is -0.383 e. The van der Waals surface area contributed by atoms with E-state index in [0.717, 1.165) is 5.69 Å². The van der Waals surface area contributed by atoms with Crippen LogP contribution in [0.2, 0.25) is 0 Å². The monoisotopic (exact) mass is 256 g/mol. The molecule has 0 aromatic carbocycles. The van der Waals surface area contributed by atoms with Gasteiger partial charge in [0, 0.05) is 24.9 Å². The van der Waals surface area contributed by atoms with Crippen LogP contribution >= 0.6 is 11.6 Å². The summed E-state index contributed by atoms with van der Waals surface area (Å²) in [5, 5.41) is 2.87. The molecular formula is C12H17ClN2O2. The van der Waals surface area contributed by atoms with Gasteiger partial charge in [-0.15, -0.1) is 11.6 Å². The Labute approximate surface area is 106 Å². The number of aromatic nitrogens is 1. The molecule has 0 aliphatic rings. The van der Waals surface area contributed by atoms with Crippen LogP contribution in [0.25, 0.3) is 0 Å². The number of alkyl halides is 1. The Bertz CT molecular complexity index is 348. The van der Waals surface area contributed by atoms with Crippen molar-refractivity contribution in [3.8, 4) is 0 Å². The highest BCUT2D eigenvalue weighted by molar-refractivity contribution is 6.17. The highest BCUT2D eigenvalue weighted by Crippen LogP contribution is 2.02. The van der Waals surface area contributed by atoms with E-state index in [0.29, 0.717) is 24.5 Å². The highest BCUT2D eigenvalue weighted by Gasteiger charge is 2.13. The number of nitrogens with one attached hydrogen (secondary N) is 1. The molecule has 94 valence electrons. The van der Waals surface area contributed by atoms with E-state index in [9.17, 15) is 4.79 Å². The summed E-state index contributed by atoms with van der Waals surface area (Å²) >= 11 is 5.66. The number of halogens is 1. The second-order valence-corrected chi connectivity index (χ2v) is 4.17. The van der Waals surface area contributed by atoms with Crippen molar-refractivity contribution in [3.63, 3.8) is 0 Å². The van der Waals surface area contributed by atoms with E-state index in [1.807, 2.05) is 13.0 Å². The second-order valence-electron chi connectivity index (χ2n) is 3.79. The van der Waals surface area contributed by atoms with Crippen molar-refractivity contribution in [2.45, 2.75) is 19.4 Å². The first kappa shape index (κ1) is 13.9. The van der Waals surface area contributed by atoms with Gasteiger partial charge in [0.15, 0.2) is 0 Å². The normalized spacial score (nSPS) is 12.2. The van der Waals surface area contributed by atoms with E-state index < -0.39 is 0 Å². The summed E-state index contributed by atoms with van der Waals surface area (Å²) in [5.74, 6) is 0.338. The van der Waals surface area contributed by atoms with Gasteiger partial charge >= 0.3 is 0 Å². The number of methoxy groups -OCH3 is 1. The number of pyridine rings is 1. The van der Waals surface area contributed by atoms with Gasteiger partial charge in [0.05, 0.1) is 18.2 Å². The van der Waals surface area contributed by atoms with Gasteiger partial charge in [-0.2, -0.15) is 0 Å². The summed E-state index contributed by atoms with van der Waals surface area (Å²) in [7, 11) is 1.60. The average molecular weight is 257 g/mol. The number of nitrogens with zero attached hydrogens (tertiary/aromatic N) is 1. The maximum absolute atomic E-state index is 11.9. The van der Waals surface area contributed by atoms with E-state index in [2.05, 4.69) is 10.3 Å². The molecule has 1 aromatic rings. The minimum absolute atomic E-state index is 0.0636. The molecule has 0 spiro atoms. The number of carbonyl (C=O) groups is 1. The molecule has 1 unspecified atom stereocenters. The standard InChI is InChI=1S/C12H17ClN2O2/c1-9-3-4-10(7-14-9)12(16)15-11(5-6-13)8-17-2/h3-4,7,11H,5-6,8H2,1-2H3,(H,15,16). The Balaban J connectivity index is 2.60. The van der Waals surface area contributed by atoms with Gasteiger partial charge in [0.25, 0.3) is 5.91 Å². The van der Waals surface area contributed by atoms with Crippen LogP contribution in [0.3, 0.4) is 0 Å². The molecule has 1 aromatic heterocycles. The van der Waals surface area contributed by atoms with Gasteiger partial charge < -0.3 is 10.1 Å². The fourth-order valence-corrected chi connectivity index (χ4v) is 1.66. The fourth-order valence-electron chi connectivity index (χ4n) is 1.40. The van der Waals surface area contributed by atoms with Crippen molar-refractivity contribution < 1.29 is 9.53 Å². The Hall–Kier alpha value is -1.13. The molecule has 1 N–H and O–H groups in total. The first-order valence-corrected chi connectivity index (χ1v) is 5.99. The van der Waals surface area contributed by atoms with Crippen LogP contribution in [-0.4, -0.2) is 36.5 Å². The largest absolute Gasteiger partial charge is 0.383 e. The van der Waals surface area contributed by atoms with Crippen molar-refractivity contribution in [1.82, 2.24) is 10.3 Å². The number of aryl methyl sites for hydroxylation is 1. The van der Waals surface area contributed by atoms with Gasteiger partial charge in [-0.3, -0.25) is 9.78 Å². The van der Waals surface area contributed by atoms with E-state index in [1.54, 1.807) is 19.4 Å². The van der Waals surface area contributed by atoms with E-state index >= 15 is 0 Å². The molecular weight excluding hydrogens is 240 g/mol. The van der Waals surface area contributed by atoms with Crippen LogP contribution in [-0.2, 0) is 4.74 Å². The van der Waals surface area contributed by atoms with E-state index in [1.165, 1.54) is 0 Å². The predicted octanol–water partition coefficient (Wildman–Crippen LogP) is 1.76. The van der Waals surface area contributed by atoms with Gasteiger partial charge in [-0.05, 0) is 25.5 Å². The molecule has 0 aliphatic carbocycles. The Morgan fingerprint density at radius 1 is 1.59 bits per heavy atom. The number of hydrogen-bond donors (Lipinski definition) is 1. The van der Waals surface area contributed by atoms with Crippen molar-refractivity contribution in [2.24, 2.45) is 0 Å². The van der Waals surface area contributed by atoms with Crippen LogP contribution < -0.4 is 5.32 Å². The molecule has 0 radical (unpaired) electrons. The van der Waals surface area contributed by atoms with E-state index in [-0.39, 0.29) is 11.9 Å². The zero-order chi connectivity index (χ0) is 12.7. The summed E-state index contributed by atoms with van der Waals surface area (Å²) in [6, 6.07) is 3.50. The average Bonchev–Trinajstić information content (AvgIpc) is 2.30. The number of ether oxygens (including phenoxy) is 1. The lowest BCUT2D eigenvalue weighted by Crippen LogP contribution is -2.38. The van der Waals surface area contributed by atoms with E-state index in [4.69, 9.17) is 16.3 Å². The quantitative estimate of drug-likeness (QED) is 0.789. The number of carbonyl (C=O) groups excluding carboxylic acids is 1. The summed E-state index contributed by atoms with van der Waals surface area (Å²) < 4.78 is 5.02. The van der Waals surface area contributed by atoms with Crippen LogP contribution in [0, 0.1) is 6.92 Å². The predicted molar refractivity (Wildman–Crippen MR) is 67.4 cm³/mol. The molecule has 0 saturated carbocycles. The third-order valence-electron chi connectivity index (χ3n) is 2.33. The Morgan fingerprint density at radius 2 is 2.35 bits per heavy atom. The van der Waals surface area contributed by atoms with Crippen molar-refractivity contribution in [1.29, 1.82) is 0 Å². The molecule has 1 atom stereocenters. The summed E-state index contributed by atoms with van der Waals surface area (Å²) in [6.07, 6.45) is 2.25. The number of rotatable bonds is 6. The SMILES string of the molecule is COCC(CCCl)NC(=O)c1ccc(C)nc1. The summed E-state index contributed by atoms with van der Waals surface area (Å²) in [5.41, 5.74) is 1.43. The van der Waals surface area contributed by atoms with Gasteiger partial charge in [0.1, 0.15) is 0 Å². The van der Waals surface area contributed by atoms with Crippen molar-refractivity contribution in [2.75, 3.05) is 19.6 Å². The maximum atomic E-state index is 11.9. The van der Waals surface area contributed by atoms with Crippen LogP contribution in [0.5, 0.6) is 0 Å². The topological polar surface area (TPSA) is 51.2 Å². The molecule has 17 heavy (non-hydrogen) atoms. The van der Waals surface area contributed by atoms with Crippen LogP contribution in [0.4, 0.5) is 0 Å². The number of amides is 1. The Morgan fingerprint density at radius 3 is 2.88 bits per heavy atom. The lowest BCUT2D eigenvalue weighted by molar-refractivity contribution is 0.0895. The second kappa shape index (κ2) is 7.25. The van der Waals surface area contributed by atoms with Gasteiger partial charge in [0.2, 0.25) is 0 Å². The van der Waals surface area contributed by atoms with Crippen molar-refractivity contribution in [3.05, 3.63) is 29.6 Å². The smallest absolute Gasteiger partial charge is 0.253 e. The van der Waals surface area contributed by atoms with Gasteiger partial charge in [-0.25, -0.2) is 0 Å². The molecule has 1 heterocycles. The third-order valence-corrected chi connectivity index (χ3v) is 2.55. The molecule has 1 rings (SSSR count). The van der Waals surface area contributed by atoms with Gasteiger partial charge in [-0.1, -0.05) is 0 Å². The first-order valence-electron chi connectivity index (χ1n) is 5.45.